The zero-order valence-electron chi connectivity index (χ0n) is 11.0. The first-order chi connectivity index (χ1) is 9.75. The van der Waals surface area contributed by atoms with E-state index in [9.17, 15) is 22.8 Å². The topological polar surface area (TPSA) is 59.3 Å². The number of fused-ring (bicyclic) bond motifs is 1. The van der Waals surface area contributed by atoms with Crippen LogP contribution in [0.4, 0.5) is 13.2 Å². The minimum atomic E-state index is -4.56. The summed E-state index contributed by atoms with van der Waals surface area (Å²) in [5.41, 5.74) is -1.68. The van der Waals surface area contributed by atoms with Gasteiger partial charge in [0.15, 0.2) is 0 Å². The van der Waals surface area contributed by atoms with Crippen molar-refractivity contribution in [1.82, 2.24) is 4.57 Å². The van der Waals surface area contributed by atoms with Gasteiger partial charge in [0.05, 0.1) is 5.56 Å². The van der Waals surface area contributed by atoms with Gasteiger partial charge in [0, 0.05) is 11.6 Å². The minimum Gasteiger partial charge on any atom is -0.480 e. The fraction of sp³-hybridized carbons (Fsp3) is 0.286. The van der Waals surface area contributed by atoms with Crippen LogP contribution in [0.1, 0.15) is 24.9 Å². The summed E-state index contributed by atoms with van der Waals surface area (Å²) in [5.74, 6) is -1.20. The Hall–Kier alpha value is -2.31. The van der Waals surface area contributed by atoms with Crippen molar-refractivity contribution < 1.29 is 23.1 Å². The van der Waals surface area contributed by atoms with E-state index in [1.54, 1.807) is 6.92 Å². The maximum absolute atomic E-state index is 12.7. The van der Waals surface area contributed by atoms with Gasteiger partial charge in [0.1, 0.15) is 6.04 Å². The van der Waals surface area contributed by atoms with E-state index in [-0.39, 0.29) is 11.8 Å². The van der Waals surface area contributed by atoms with E-state index in [1.165, 1.54) is 18.3 Å². The number of benzene rings is 1. The van der Waals surface area contributed by atoms with Crippen LogP contribution in [0.2, 0.25) is 0 Å². The molecule has 0 saturated carbocycles. The molecule has 7 heteroatoms. The third-order valence-electron chi connectivity index (χ3n) is 3.27. The summed E-state index contributed by atoms with van der Waals surface area (Å²) in [6.07, 6.45) is -3.11. The number of aliphatic carboxylic acids is 1. The van der Waals surface area contributed by atoms with Crippen molar-refractivity contribution in [1.29, 1.82) is 0 Å². The molecule has 0 spiro atoms. The first-order valence-electron chi connectivity index (χ1n) is 6.20. The highest BCUT2D eigenvalue weighted by molar-refractivity contribution is 5.82. The summed E-state index contributed by atoms with van der Waals surface area (Å²) >= 11 is 0. The van der Waals surface area contributed by atoms with Gasteiger partial charge in [-0.05, 0) is 30.0 Å². The molecule has 4 nitrogen and oxygen atoms in total. The third-order valence-corrected chi connectivity index (χ3v) is 3.27. The van der Waals surface area contributed by atoms with E-state index in [2.05, 4.69) is 0 Å². The van der Waals surface area contributed by atoms with Crippen molar-refractivity contribution in [2.24, 2.45) is 0 Å². The van der Waals surface area contributed by atoms with Crippen LogP contribution in [0.5, 0.6) is 0 Å². The molecule has 0 aliphatic heterocycles. The van der Waals surface area contributed by atoms with Crippen LogP contribution in [-0.2, 0) is 11.0 Å². The van der Waals surface area contributed by atoms with Crippen LogP contribution in [0.3, 0.4) is 0 Å². The van der Waals surface area contributed by atoms with Gasteiger partial charge in [-0.3, -0.25) is 4.79 Å². The molecule has 1 aromatic heterocycles. The maximum Gasteiger partial charge on any atom is 0.416 e. The number of nitrogens with zero attached hydrogens (tertiary/aromatic N) is 1. The fourth-order valence-electron chi connectivity index (χ4n) is 2.17. The lowest BCUT2D eigenvalue weighted by molar-refractivity contribution is -0.141. The predicted molar refractivity (Wildman–Crippen MR) is 70.2 cm³/mol. The average Bonchev–Trinajstić information content (AvgIpc) is 2.40. The van der Waals surface area contributed by atoms with Gasteiger partial charge in [0.2, 0.25) is 0 Å². The van der Waals surface area contributed by atoms with E-state index in [0.717, 1.165) is 16.7 Å². The molecule has 0 radical (unpaired) electrons. The van der Waals surface area contributed by atoms with Crippen LogP contribution >= 0.6 is 0 Å². The summed E-state index contributed by atoms with van der Waals surface area (Å²) < 4.78 is 39.0. The number of aromatic nitrogens is 1. The summed E-state index contributed by atoms with van der Waals surface area (Å²) in [6.45, 7) is 1.58. The average molecular weight is 299 g/mol. The van der Waals surface area contributed by atoms with Gasteiger partial charge < -0.3 is 9.67 Å². The number of carboxylic acid groups (broad SMARTS) is 1. The predicted octanol–water partition coefficient (Wildman–Crippen LogP) is 3.06. The molecule has 112 valence electrons. The summed E-state index contributed by atoms with van der Waals surface area (Å²) in [5, 5.41) is 9.26. The smallest absolute Gasteiger partial charge is 0.416 e. The van der Waals surface area contributed by atoms with E-state index in [0.29, 0.717) is 5.39 Å². The summed E-state index contributed by atoms with van der Waals surface area (Å²) in [7, 11) is 0. The maximum atomic E-state index is 12.7. The number of carboxylic acids is 1. The molecule has 1 atom stereocenters. The molecular formula is C14H12F3NO3. The monoisotopic (exact) mass is 299 g/mol. The van der Waals surface area contributed by atoms with E-state index >= 15 is 0 Å². The highest BCUT2D eigenvalue weighted by Gasteiger charge is 2.31. The lowest BCUT2D eigenvalue weighted by Gasteiger charge is -2.15. The summed E-state index contributed by atoms with van der Waals surface area (Å²) in [4.78, 5) is 23.4. The zero-order chi connectivity index (χ0) is 15.8. The Labute approximate surface area is 117 Å². The van der Waals surface area contributed by atoms with Gasteiger partial charge in [-0.1, -0.05) is 13.0 Å². The second kappa shape index (κ2) is 5.23. The standard InChI is InChI=1S/C14H12F3NO3/c1-2-11(13(20)21)18-6-5-8-3-4-9(14(15,16)17)7-10(8)12(18)19/h3-7,11H,2H2,1H3,(H,20,21). The first-order valence-corrected chi connectivity index (χ1v) is 6.20. The normalized spacial score (nSPS) is 13.3. The Kier molecular flexibility index (Phi) is 3.76. The molecule has 2 rings (SSSR count). The molecule has 1 unspecified atom stereocenters. The van der Waals surface area contributed by atoms with Crippen molar-refractivity contribution in [3.63, 3.8) is 0 Å². The Morgan fingerprint density at radius 3 is 2.52 bits per heavy atom. The molecule has 0 aliphatic rings. The zero-order valence-corrected chi connectivity index (χ0v) is 11.0. The van der Waals surface area contributed by atoms with Crippen LogP contribution < -0.4 is 5.56 Å². The quantitative estimate of drug-likeness (QED) is 0.947. The molecule has 1 N–H and O–H groups in total. The van der Waals surface area contributed by atoms with Gasteiger partial charge >= 0.3 is 12.1 Å². The molecule has 2 aromatic rings. The van der Waals surface area contributed by atoms with Gasteiger partial charge in [-0.25, -0.2) is 4.79 Å². The Balaban J connectivity index is 2.70. The number of pyridine rings is 1. The molecular weight excluding hydrogens is 287 g/mol. The number of alkyl halides is 3. The second-order valence-electron chi connectivity index (χ2n) is 4.59. The second-order valence-corrected chi connectivity index (χ2v) is 4.59. The molecule has 0 fully saturated rings. The van der Waals surface area contributed by atoms with Crippen LogP contribution in [0.25, 0.3) is 10.8 Å². The van der Waals surface area contributed by atoms with Crippen molar-refractivity contribution in [3.8, 4) is 0 Å². The van der Waals surface area contributed by atoms with Gasteiger partial charge in [-0.15, -0.1) is 0 Å². The largest absolute Gasteiger partial charge is 0.480 e. The van der Waals surface area contributed by atoms with Crippen molar-refractivity contribution in [3.05, 3.63) is 46.4 Å². The molecule has 0 saturated heterocycles. The van der Waals surface area contributed by atoms with Gasteiger partial charge in [0.25, 0.3) is 5.56 Å². The summed E-state index contributed by atoms with van der Waals surface area (Å²) in [6, 6.07) is 3.17. The molecule has 1 aromatic carbocycles. The van der Waals surface area contributed by atoms with Gasteiger partial charge in [-0.2, -0.15) is 13.2 Å². The highest BCUT2D eigenvalue weighted by atomic mass is 19.4. The molecule has 21 heavy (non-hydrogen) atoms. The van der Waals surface area contributed by atoms with E-state index in [4.69, 9.17) is 5.11 Å². The fourth-order valence-corrected chi connectivity index (χ4v) is 2.17. The molecule has 0 aliphatic carbocycles. The van der Waals surface area contributed by atoms with E-state index < -0.39 is 29.3 Å². The number of hydrogen-bond donors (Lipinski definition) is 1. The SMILES string of the molecule is CCC(C(=O)O)n1ccc2ccc(C(F)(F)F)cc2c1=O. The van der Waals surface area contributed by atoms with Crippen LogP contribution in [0, 0.1) is 0 Å². The molecule has 0 amide bonds. The highest BCUT2D eigenvalue weighted by Crippen LogP contribution is 2.30. The number of halogens is 3. The van der Waals surface area contributed by atoms with Crippen LogP contribution in [-0.4, -0.2) is 15.6 Å². The van der Waals surface area contributed by atoms with Crippen LogP contribution in [0.15, 0.2) is 35.3 Å². The Bertz CT molecular complexity index is 749. The Morgan fingerprint density at radius 1 is 1.33 bits per heavy atom. The first kappa shape index (κ1) is 15.1. The molecule has 1 heterocycles. The van der Waals surface area contributed by atoms with E-state index in [1.807, 2.05) is 0 Å². The molecule has 0 bridgehead atoms. The van der Waals surface area contributed by atoms with Crippen molar-refractivity contribution >= 4 is 16.7 Å². The lowest BCUT2D eigenvalue weighted by Crippen LogP contribution is -2.29. The number of rotatable bonds is 3. The Morgan fingerprint density at radius 2 is 2.00 bits per heavy atom. The van der Waals surface area contributed by atoms with Crippen molar-refractivity contribution in [2.75, 3.05) is 0 Å². The number of hydrogen-bond acceptors (Lipinski definition) is 2. The lowest BCUT2D eigenvalue weighted by atomic mass is 10.1. The third kappa shape index (κ3) is 2.76. The van der Waals surface area contributed by atoms with Crippen molar-refractivity contribution in [2.45, 2.75) is 25.6 Å². The number of carbonyl (C=O) groups is 1. The minimum absolute atomic E-state index is 0.146.